The van der Waals surface area contributed by atoms with E-state index in [2.05, 4.69) is 10.3 Å². The molecule has 1 aromatic heterocycles. The molecule has 0 aliphatic rings. The number of anilines is 1. The van der Waals surface area contributed by atoms with E-state index in [0.29, 0.717) is 22.7 Å². The lowest BCUT2D eigenvalue weighted by Gasteiger charge is -2.01. The van der Waals surface area contributed by atoms with Crippen molar-refractivity contribution >= 4 is 34.3 Å². The molecule has 0 saturated heterocycles. The number of amides is 1. The molecule has 0 fully saturated rings. The SMILES string of the molecule is O=C(CCl)Nc1ccc2oc(-c3ccccc3)nc2c1. The smallest absolute Gasteiger partial charge is 0.239 e. The fourth-order valence-electron chi connectivity index (χ4n) is 1.90. The van der Waals surface area contributed by atoms with Crippen LogP contribution in [0.25, 0.3) is 22.6 Å². The normalized spacial score (nSPS) is 10.7. The van der Waals surface area contributed by atoms with Crippen LogP contribution >= 0.6 is 11.6 Å². The van der Waals surface area contributed by atoms with Gasteiger partial charge in [0.05, 0.1) is 0 Å². The minimum Gasteiger partial charge on any atom is -0.436 e. The fraction of sp³-hybridized carbons (Fsp3) is 0.0667. The average molecular weight is 287 g/mol. The minimum absolute atomic E-state index is 0.0773. The summed E-state index contributed by atoms with van der Waals surface area (Å²) in [5.74, 6) is 0.228. The van der Waals surface area contributed by atoms with E-state index >= 15 is 0 Å². The molecule has 20 heavy (non-hydrogen) atoms. The van der Waals surface area contributed by atoms with Crippen LogP contribution in [0.4, 0.5) is 5.69 Å². The van der Waals surface area contributed by atoms with Crippen LogP contribution in [0.2, 0.25) is 0 Å². The van der Waals surface area contributed by atoms with E-state index in [1.165, 1.54) is 0 Å². The second-order valence-corrected chi connectivity index (χ2v) is 4.52. The second kappa shape index (κ2) is 5.35. The Morgan fingerprint density at radius 3 is 2.75 bits per heavy atom. The van der Waals surface area contributed by atoms with Crippen molar-refractivity contribution in [2.75, 3.05) is 11.2 Å². The van der Waals surface area contributed by atoms with E-state index in [0.717, 1.165) is 5.56 Å². The van der Waals surface area contributed by atoms with Gasteiger partial charge in [-0.1, -0.05) is 18.2 Å². The Hall–Kier alpha value is -2.33. The number of hydrogen-bond acceptors (Lipinski definition) is 3. The number of hydrogen-bond donors (Lipinski definition) is 1. The van der Waals surface area contributed by atoms with Crippen LogP contribution in [0.15, 0.2) is 52.9 Å². The van der Waals surface area contributed by atoms with Gasteiger partial charge in [0, 0.05) is 11.3 Å². The van der Waals surface area contributed by atoms with Gasteiger partial charge in [-0.05, 0) is 30.3 Å². The Kier molecular flexibility index (Phi) is 3.39. The van der Waals surface area contributed by atoms with Gasteiger partial charge in [0.25, 0.3) is 0 Å². The van der Waals surface area contributed by atoms with Gasteiger partial charge in [0.1, 0.15) is 11.4 Å². The van der Waals surface area contributed by atoms with Crippen LogP contribution in [0.3, 0.4) is 0 Å². The molecule has 0 bridgehead atoms. The maximum atomic E-state index is 11.3. The molecule has 2 aromatic carbocycles. The van der Waals surface area contributed by atoms with Crippen molar-refractivity contribution in [1.29, 1.82) is 0 Å². The highest BCUT2D eigenvalue weighted by Crippen LogP contribution is 2.25. The zero-order valence-corrected chi connectivity index (χ0v) is 11.2. The van der Waals surface area contributed by atoms with E-state index in [1.807, 2.05) is 30.3 Å². The van der Waals surface area contributed by atoms with E-state index in [-0.39, 0.29) is 11.8 Å². The molecule has 1 heterocycles. The van der Waals surface area contributed by atoms with Crippen molar-refractivity contribution in [3.63, 3.8) is 0 Å². The summed E-state index contributed by atoms with van der Waals surface area (Å²) < 4.78 is 5.69. The van der Waals surface area contributed by atoms with Gasteiger partial charge in [-0.25, -0.2) is 4.98 Å². The van der Waals surface area contributed by atoms with E-state index < -0.39 is 0 Å². The number of halogens is 1. The number of aromatic nitrogens is 1. The fourth-order valence-corrected chi connectivity index (χ4v) is 1.97. The van der Waals surface area contributed by atoms with Crippen molar-refractivity contribution < 1.29 is 9.21 Å². The summed E-state index contributed by atoms with van der Waals surface area (Å²) in [4.78, 5) is 15.7. The molecule has 3 aromatic rings. The van der Waals surface area contributed by atoms with Crippen LogP contribution in [-0.2, 0) is 4.79 Å². The Labute approximate surface area is 120 Å². The van der Waals surface area contributed by atoms with Gasteiger partial charge in [-0.15, -0.1) is 11.6 Å². The summed E-state index contributed by atoms with van der Waals surface area (Å²) in [5, 5.41) is 2.68. The first-order chi connectivity index (χ1) is 9.76. The molecule has 0 saturated carbocycles. The number of fused-ring (bicyclic) bond motifs is 1. The molecular formula is C15H11ClN2O2. The van der Waals surface area contributed by atoms with E-state index in [1.54, 1.807) is 18.2 Å². The topological polar surface area (TPSA) is 55.1 Å². The van der Waals surface area contributed by atoms with Crippen molar-refractivity contribution in [2.45, 2.75) is 0 Å². The van der Waals surface area contributed by atoms with Gasteiger partial charge in [0.15, 0.2) is 5.58 Å². The maximum Gasteiger partial charge on any atom is 0.239 e. The maximum absolute atomic E-state index is 11.3. The Balaban J connectivity index is 1.97. The van der Waals surface area contributed by atoms with E-state index in [9.17, 15) is 4.79 Å². The highest BCUT2D eigenvalue weighted by molar-refractivity contribution is 6.29. The van der Waals surface area contributed by atoms with Crippen molar-refractivity contribution in [1.82, 2.24) is 4.98 Å². The molecule has 4 nitrogen and oxygen atoms in total. The number of oxazole rings is 1. The highest BCUT2D eigenvalue weighted by atomic mass is 35.5. The lowest BCUT2D eigenvalue weighted by atomic mass is 10.2. The molecule has 0 radical (unpaired) electrons. The Bertz CT molecular complexity index is 753. The number of nitrogens with zero attached hydrogens (tertiary/aromatic N) is 1. The van der Waals surface area contributed by atoms with Crippen LogP contribution in [0.5, 0.6) is 0 Å². The molecular weight excluding hydrogens is 276 g/mol. The Morgan fingerprint density at radius 2 is 2.00 bits per heavy atom. The largest absolute Gasteiger partial charge is 0.436 e. The molecule has 0 aliphatic heterocycles. The lowest BCUT2D eigenvalue weighted by Crippen LogP contribution is -2.12. The van der Waals surface area contributed by atoms with Gasteiger partial charge in [0.2, 0.25) is 11.8 Å². The summed E-state index contributed by atoms with van der Waals surface area (Å²) in [7, 11) is 0. The van der Waals surface area contributed by atoms with Crippen LogP contribution in [0.1, 0.15) is 0 Å². The van der Waals surface area contributed by atoms with Gasteiger partial charge in [-0.3, -0.25) is 4.79 Å². The number of rotatable bonds is 3. The monoisotopic (exact) mass is 286 g/mol. The van der Waals surface area contributed by atoms with Gasteiger partial charge >= 0.3 is 0 Å². The zero-order chi connectivity index (χ0) is 13.9. The average Bonchev–Trinajstić information content (AvgIpc) is 2.91. The summed E-state index contributed by atoms with van der Waals surface area (Å²) in [5.41, 5.74) is 2.93. The first-order valence-electron chi connectivity index (χ1n) is 6.08. The first-order valence-corrected chi connectivity index (χ1v) is 6.61. The van der Waals surface area contributed by atoms with Crippen LogP contribution in [-0.4, -0.2) is 16.8 Å². The number of benzene rings is 2. The van der Waals surface area contributed by atoms with Gasteiger partial charge in [-0.2, -0.15) is 0 Å². The van der Waals surface area contributed by atoms with Crippen molar-refractivity contribution in [3.8, 4) is 11.5 Å². The van der Waals surface area contributed by atoms with E-state index in [4.69, 9.17) is 16.0 Å². The number of alkyl halides is 1. The summed E-state index contributed by atoms with van der Waals surface area (Å²) in [6.45, 7) is 0. The molecule has 0 aliphatic carbocycles. The molecule has 1 N–H and O–H groups in total. The molecule has 0 spiro atoms. The number of nitrogens with one attached hydrogen (secondary N) is 1. The summed E-state index contributed by atoms with van der Waals surface area (Å²) in [6, 6.07) is 14.9. The van der Waals surface area contributed by atoms with Crippen molar-refractivity contribution in [2.24, 2.45) is 0 Å². The van der Waals surface area contributed by atoms with Crippen LogP contribution < -0.4 is 5.32 Å². The van der Waals surface area contributed by atoms with Gasteiger partial charge < -0.3 is 9.73 Å². The predicted octanol–water partition coefficient (Wildman–Crippen LogP) is 3.67. The molecule has 3 rings (SSSR count). The predicted molar refractivity (Wildman–Crippen MR) is 78.8 cm³/mol. The van der Waals surface area contributed by atoms with Crippen molar-refractivity contribution in [3.05, 3.63) is 48.5 Å². The lowest BCUT2D eigenvalue weighted by molar-refractivity contribution is -0.113. The minimum atomic E-state index is -0.252. The molecule has 1 amide bonds. The standard InChI is InChI=1S/C15H11ClN2O2/c16-9-14(19)17-11-6-7-13-12(8-11)18-15(20-13)10-4-2-1-3-5-10/h1-8H,9H2,(H,17,19). The molecule has 0 unspecified atom stereocenters. The highest BCUT2D eigenvalue weighted by Gasteiger charge is 2.09. The quantitative estimate of drug-likeness (QED) is 0.747. The summed E-state index contributed by atoms with van der Waals surface area (Å²) >= 11 is 5.46. The number of carbonyl (C=O) groups excluding carboxylic acids is 1. The second-order valence-electron chi connectivity index (χ2n) is 4.25. The number of carbonyl (C=O) groups is 1. The summed E-state index contributed by atoms with van der Waals surface area (Å²) in [6.07, 6.45) is 0. The molecule has 100 valence electrons. The third-order valence-corrected chi connectivity index (χ3v) is 3.06. The zero-order valence-electron chi connectivity index (χ0n) is 10.5. The first kappa shape index (κ1) is 12.7. The third kappa shape index (κ3) is 2.51. The Morgan fingerprint density at radius 1 is 1.20 bits per heavy atom. The third-order valence-electron chi connectivity index (χ3n) is 2.81. The molecule has 0 atom stereocenters. The molecule has 5 heteroatoms. The van der Waals surface area contributed by atoms with Crippen LogP contribution in [0, 0.1) is 0 Å².